The smallest absolute Gasteiger partial charge is 0.144 e. The average Bonchev–Trinajstić information content (AvgIpc) is 2.37. The summed E-state index contributed by atoms with van der Waals surface area (Å²) in [6, 6.07) is 0.672. The molecule has 1 saturated heterocycles. The number of likely N-dealkylation sites (N-methyl/N-ethyl adjacent to an activating group) is 2. The number of hydrogen-bond acceptors (Lipinski definition) is 4. The molecule has 0 saturated carbocycles. The van der Waals surface area contributed by atoms with Crippen LogP contribution in [0.2, 0.25) is 0 Å². The van der Waals surface area contributed by atoms with Crippen molar-refractivity contribution in [2.75, 3.05) is 33.7 Å². The number of rotatable bonds is 6. The predicted octanol–water partition coefficient (Wildman–Crippen LogP) is 1.57. The summed E-state index contributed by atoms with van der Waals surface area (Å²) in [5, 5.41) is 11.9. The van der Waals surface area contributed by atoms with Gasteiger partial charge in [-0.25, -0.2) is 0 Å². The van der Waals surface area contributed by atoms with E-state index in [0.29, 0.717) is 11.9 Å². The Balaban J connectivity index is 2.32. The molecule has 1 rings (SSSR count). The lowest BCUT2D eigenvalue weighted by atomic mass is 9.86. The van der Waals surface area contributed by atoms with Crippen LogP contribution in [-0.4, -0.2) is 60.6 Å². The van der Waals surface area contributed by atoms with Gasteiger partial charge in [0.2, 0.25) is 0 Å². The number of nitrogens with two attached hydrogens (primary N) is 1. The van der Waals surface area contributed by atoms with Crippen molar-refractivity contribution in [3.05, 3.63) is 0 Å². The van der Waals surface area contributed by atoms with Crippen molar-refractivity contribution in [2.24, 2.45) is 16.3 Å². The van der Waals surface area contributed by atoms with E-state index in [4.69, 9.17) is 10.9 Å². The Kier molecular flexibility index (Phi) is 6.07. The first-order chi connectivity index (χ1) is 8.86. The largest absolute Gasteiger partial charge is 0.409 e. The number of nitrogens with zero attached hydrogens (tertiary/aromatic N) is 3. The minimum atomic E-state index is -0.223. The molecule has 0 radical (unpaired) electrons. The zero-order valence-electron chi connectivity index (χ0n) is 12.9. The van der Waals surface area contributed by atoms with Gasteiger partial charge in [-0.05, 0) is 52.9 Å². The molecule has 0 aliphatic carbocycles. The minimum absolute atomic E-state index is 0.223. The van der Waals surface area contributed by atoms with Crippen molar-refractivity contribution in [1.29, 1.82) is 0 Å². The lowest BCUT2D eigenvalue weighted by Gasteiger charge is -2.36. The van der Waals surface area contributed by atoms with Crippen LogP contribution < -0.4 is 5.73 Å². The fourth-order valence-corrected chi connectivity index (χ4v) is 2.72. The van der Waals surface area contributed by atoms with Crippen LogP contribution in [0, 0.1) is 5.41 Å². The van der Waals surface area contributed by atoms with Crippen LogP contribution in [0.15, 0.2) is 5.16 Å². The number of oxime groups is 1. The van der Waals surface area contributed by atoms with Crippen molar-refractivity contribution in [1.82, 2.24) is 9.80 Å². The van der Waals surface area contributed by atoms with Gasteiger partial charge in [0.25, 0.3) is 0 Å². The Morgan fingerprint density at radius 3 is 2.79 bits per heavy atom. The monoisotopic (exact) mass is 270 g/mol. The molecule has 0 aromatic carbocycles. The molecule has 0 amide bonds. The Morgan fingerprint density at radius 2 is 2.21 bits per heavy atom. The molecule has 0 aromatic rings. The molecule has 0 spiro atoms. The van der Waals surface area contributed by atoms with Gasteiger partial charge in [-0.15, -0.1) is 0 Å². The summed E-state index contributed by atoms with van der Waals surface area (Å²) in [6.45, 7) is 7.51. The Morgan fingerprint density at radius 1 is 1.53 bits per heavy atom. The topological polar surface area (TPSA) is 65.1 Å². The molecular weight excluding hydrogens is 240 g/mol. The highest BCUT2D eigenvalue weighted by Gasteiger charge is 2.25. The third-order valence-corrected chi connectivity index (χ3v) is 4.34. The molecular formula is C14H30N4O. The van der Waals surface area contributed by atoms with E-state index < -0.39 is 0 Å². The predicted molar refractivity (Wildman–Crippen MR) is 79.6 cm³/mol. The van der Waals surface area contributed by atoms with Gasteiger partial charge in [-0.3, -0.25) is 0 Å². The van der Waals surface area contributed by atoms with Crippen molar-refractivity contribution in [3.63, 3.8) is 0 Å². The SMILES string of the molecule is CN1CCCC(N(C)CCCC(C)(C)C(N)=NO)C1. The van der Waals surface area contributed by atoms with Gasteiger partial charge in [0.15, 0.2) is 0 Å². The van der Waals surface area contributed by atoms with Gasteiger partial charge in [0.05, 0.1) is 0 Å². The molecule has 5 heteroatoms. The van der Waals surface area contributed by atoms with Crippen molar-refractivity contribution < 1.29 is 5.21 Å². The maximum Gasteiger partial charge on any atom is 0.144 e. The van der Waals surface area contributed by atoms with Crippen molar-refractivity contribution in [3.8, 4) is 0 Å². The van der Waals surface area contributed by atoms with Gasteiger partial charge >= 0.3 is 0 Å². The molecule has 3 N–H and O–H groups in total. The van der Waals surface area contributed by atoms with Gasteiger partial charge in [-0.2, -0.15) is 0 Å². The third-order valence-electron chi connectivity index (χ3n) is 4.34. The molecule has 1 heterocycles. The maximum absolute atomic E-state index is 8.76. The highest BCUT2D eigenvalue weighted by Crippen LogP contribution is 2.23. The minimum Gasteiger partial charge on any atom is -0.409 e. The fourth-order valence-electron chi connectivity index (χ4n) is 2.72. The second kappa shape index (κ2) is 7.10. The number of amidine groups is 1. The van der Waals surface area contributed by atoms with Crippen LogP contribution in [0.1, 0.15) is 39.5 Å². The van der Waals surface area contributed by atoms with E-state index in [0.717, 1.165) is 19.4 Å². The zero-order chi connectivity index (χ0) is 14.5. The lowest BCUT2D eigenvalue weighted by molar-refractivity contribution is 0.131. The molecule has 0 aromatic heterocycles. The quantitative estimate of drug-likeness (QED) is 0.333. The normalized spacial score (nSPS) is 23.0. The van der Waals surface area contributed by atoms with Crippen LogP contribution >= 0.6 is 0 Å². The highest BCUT2D eigenvalue weighted by molar-refractivity contribution is 5.85. The third kappa shape index (κ3) is 4.99. The van der Waals surface area contributed by atoms with E-state index in [2.05, 4.69) is 29.1 Å². The van der Waals surface area contributed by atoms with Gasteiger partial charge in [-0.1, -0.05) is 19.0 Å². The van der Waals surface area contributed by atoms with Crippen LogP contribution in [0.25, 0.3) is 0 Å². The molecule has 19 heavy (non-hydrogen) atoms. The van der Waals surface area contributed by atoms with Crippen molar-refractivity contribution >= 4 is 5.84 Å². The van der Waals surface area contributed by atoms with Crippen LogP contribution in [0.5, 0.6) is 0 Å². The Labute approximate surface area is 117 Å². The molecule has 1 fully saturated rings. The maximum atomic E-state index is 8.76. The highest BCUT2D eigenvalue weighted by atomic mass is 16.4. The second-order valence-electron chi connectivity index (χ2n) is 6.51. The van der Waals surface area contributed by atoms with E-state index in [1.54, 1.807) is 0 Å². The summed E-state index contributed by atoms with van der Waals surface area (Å²) in [4.78, 5) is 4.86. The first-order valence-electron chi connectivity index (χ1n) is 7.23. The summed E-state index contributed by atoms with van der Waals surface area (Å²) in [6.07, 6.45) is 4.60. The van der Waals surface area contributed by atoms with E-state index in [9.17, 15) is 0 Å². The van der Waals surface area contributed by atoms with Gasteiger partial charge in [0, 0.05) is 18.0 Å². The number of hydrogen-bond donors (Lipinski definition) is 2. The fraction of sp³-hybridized carbons (Fsp3) is 0.929. The number of likely N-dealkylation sites (tertiary alicyclic amines) is 1. The van der Waals surface area contributed by atoms with Crippen LogP contribution in [0.3, 0.4) is 0 Å². The number of piperidine rings is 1. The lowest BCUT2D eigenvalue weighted by Crippen LogP contribution is -2.45. The summed E-state index contributed by atoms with van der Waals surface area (Å²) in [7, 11) is 4.40. The van der Waals surface area contributed by atoms with E-state index in [1.807, 2.05) is 13.8 Å². The second-order valence-corrected chi connectivity index (χ2v) is 6.51. The Bertz CT molecular complexity index is 304. The molecule has 1 atom stereocenters. The van der Waals surface area contributed by atoms with E-state index in [-0.39, 0.29) is 5.41 Å². The van der Waals surface area contributed by atoms with Gasteiger partial charge in [0.1, 0.15) is 5.84 Å². The Hall–Kier alpha value is -0.810. The molecule has 1 aliphatic heterocycles. The van der Waals surface area contributed by atoms with E-state index in [1.165, 1.54) is 25.9 Å². The molecule has 0 bridgehead atoms. The molecule has 1 aliphatic rings. The summed E-state index contributed by atoms with van der Waals surface area (Å²) >= 11 is 0. The first-order valence-corrected chi connectivity index (χ1v) is 7.23. The summed E-state index contributed by atoms with van der Waals surface area (Å²) in [5.74, 6) is 0.326. The van der Waals surface area contributed by atoms with Gasteiger partial charge < -0.3 is 20.7 Å². The van der Waals surface area contributed by atoms with E-state index >= 15 is 0 Å². The zero-order valence-corrected chi connectivity index (χ0v) is 12.9. The van der Waals surface area contributed by atoms with Crippen LogP contribution in [0.4, 0.5) is 0 Å². The van der Waals surface area contributed by atoms with Crippen molar-refractivity contribution in [2.45, 2.75) is 45.6 Å². The summed E-state index contributed by atoms with van der Waals surface area (Å²) in [5.41, 5.74) is 5.49. The molecule has 112 valence electrons. The molecule has 5 nitrogen and oxygen atoms in total. The van der Waals surface area contributed by atoms with Crippen LogP contribution in [-0.2, 0) is 0 Å². The molecule has 1 unspecified atom stereocenters. The average molecular weight is 270 g/mol. The summed E-state index contributed by atoms with van der Waals surface area (Å²) < 4.78 is 0. The first kappa shape index (κ1) is 16.2. The standard InChI is InChI=1S/C14H30N4O/c1-14(2,13(15)16-19)8-6-10-18(4)12-7-5-9-17(3)11-12/h12,19H,5-11H2,1-4H3,(H2,15,16).